The van der Waals surface area contributed by atoms with E-state index in [2.05, 4.69) is 10.5 Å². The van der Waals surface area contributed by atoms with Crippen molar-refractivity contribution in [1.29, 1.82) is 0 Å². The highest BCUT2D eigenvalue weighted by Crippen LogP contribution is 2.12. The molecule has 1 aliphatic heterocycles. The normalized spacial score (nSPS) is 14.7. The number of nitro benzene ring substituents is 1. The number of carbonyl (C=O) groups excluding carboxylic acids is 2. The van der Waals surface area contributed by atoms with Crippen LogP contribution in [0.2, 0.25) is 0 Å². The van der Waals surface area contributed by atoms with E-state index in [0.717, 1.165) is 25.9 Å². The van der Waals surface area contributed by atoms with E-state index in [9.17, 15) is 19.7 Å². The van der Waals surface area contributed by atoms with Crippen molar-refractivity contribution < 1.29 is 14.5 Å². The van der Waals surface area contributed by atoms with Crippen LogP contribution in [0.4, 0.5) is 5.69 Å². The van der Waals surface area contributed by atoms with Crippen LogP contribution in [0.3, 0.4) is 0 Å². The van der Waals surface area contributed by atoms with Crippen molar-refractivity contribution in [2.75, 3.05) is 13.1 Å². The van der Waals surface area contributed by atoms with Crippen LogP contribution >= 0.6 is 0 Å². The van der Waals surface area contributed by atoms with Gasteiger partial charge in [-0.15, -0.1) is 0 Å². The number of nitrogens with one attached hydrogen (secondary N) is 1. The Morgan fingerprint density at radius 2 is 1.87 bits per heavy atom. The van der Waals surface area contributed by atoms with Crippen molar-refractivity contribution in [2.45, 2.75) is 26.2 Å². The summed E-state index contributed by atoms with van der Waals surface area (Å²) < 4.78 is 0. The molecule has 0 saturated carbocycles. The molecule has 0 atom stereocenters. The number of non-ortho nitro benzene ring substituents is 1. The molecule has 1 heterocycles. The molecule has 1 aromatic rings. The number of nitrogens with zero attached hydrogens (tertiary/aromatic N) is 3. The quantitative estimate of drug-likeness (QED) is 0.507. The van der Waals surface area contributed by atoms with E-state index < -0.39 is 10.8 Å². The Morgan fingerprint density at radius 3 is 2.43 bits per heavy atom. The molecular weight excluding hydrogens is 300 g/mol. The van der Waals surface area contributed by atoms with Crippen molar-refractivity contribution in [3.8, 4) is 0 Å². The maximum Gasteiger partial charge on any atom is 0.271 e. The van der Waals surface area contributed by atoms with Gasteiger partial charge in [-0.1, -0.05) is 0 Å². The van der Waals surface area contributed by atoms with Crippen LogP contribution in [-0.4, -0.2) is 40.4 Å². The van der Waals surface area contributed by atoms with Gasteiger partial charge in [-0.2, -0.15) is 5.10 Å². The summed E-state index contributed by atoms with van der Waals surface area (Å²) in [4.78, 5) is 35.6. The van der Waals surface area contributed by atoms with Gasteiger partial charge in [-0.3, -0.25) is 19.7 Å². The van der Waals surface area contributed by atoms with Gasteiger partial charge >= 0.3 is 0 Å². The van der Waals surface area contributed by atoms with E-state index in [4.69, 9.17) is 0 Å². The Hall–Kier alpha value is -2.77. The third kappa shape index (κ3) is 4.60. The summed E-state index contributed by atoms with van der Waals surface area (Å²) in [6.07, 6.45) is 2.22. The molecule has 1 saturated heterocycles. The Bertz CT molecular complexity index is 633. The van der Waals surface area contributed by atoms with Crippen LogP contribution in [0.25, 0.3) is 0 Å². The number of rotatable bonds is 5. The number of benzene rings is 1. The molecule has 0 bridgehead atoms. The predicted molar refractivity (Wildman–Crippen MR) is 84.1 cm³/mol. The minimum atomic E-state index is -0.534. The Kier molecular flexibility index (Phi) is 5.40. The minimum Gasteiger partial charge on any atom is -0.342 e. The van der Waals surface area contributed by atoms with E-state index >= 15 is 0 Å². The van der Waals surface area contributed by atoms with Crippen molar-refractivity contribution in [1.82, 2.24) is 10.3 Å². The Labute approximate surface area is 133 Å². The van der Waals surface area contributed by atoms with E-state index in [-0.39, 0.29) is 23.6 Å². The third-order valence-corrected chi connectivity index (χ3v) is 3.55. The number of carbonyl (C=O) groups is 2. The standard InChI is InChI=1S/C15H18N4O4/c1-11(10-14(20)18-8-2-3-9-18)16-17-15(21)12-4-6-13(7-5-12)19(22)23/h4-7H,2-3,8-10H2,1H3,(H,17,21). The van der Waals surface area contributed by atoms with Gasteiger partial charge in [0.05, 0.1) is 11.3 Å². The molecule has 0 unspecified atom stereocenters. The number of hydrazone groups is 1. The number of hydrogen-bond acceptors (Lipinski definition) is 5. The van der Waals surface area contributed by atoms with Gasteiger partial charge in [-0.05, 0) is 31.9 Å². The number of hydrogen-bond donors (Lipinski definition) is 1. The van der Waals surface area contributed by atoms with E-state index in [1.54, 1.807) is 11.8 Å². The second-order valence-corrected chi connectivity index (χ2v) is 5.36. The van der Waals surface area contributed by atoms with Crippen molar-refractivity contribution in [2.24, 2.45) is 5.10 Å². The monoisotopic (exact) mass is 318 g/mol. The lowest BCUT2D eigenvalue weighted by atomic mass is 10.2. The van der Waals surface area contributed by atoms with Gasteiger partial charge in [0.2, 0.25) is 5.91 Å². The van der Waals surface area contributed by atoms with Crippen molar-refractivity contribution in [3.63, 3.8) is 0 Å². The highest BCUT2D eigenvalue weighted by atomic mass is 16.6. The van der Waals surface area contributed by atoms with E-state index in [0.29, 0.717) is 5.71 Å². The third-order valence-electron chi connectivity index (χ3n) is 3.55. The first-order chi connectivity index (χ1) is 11.0. The van der Waals surface area contributed by atoms with Gasteiger partial charge in [-0.25, -0.2) is 5.43 Å². The summed E-state index contributed by atoms with van der Waals surface area (Å²) >= 11 is 0. The first kappa shape index (κ1) is 16.6. The number of likely N-dealkylation sites (tertiary alicyclic amines) is 1. The summed E-state index contributed by atoms with van der Waals surface area (Å²) in [6, 6.07) is 5.21. The minimum absolute atomic E-state index is 0.00772. The number of amides is 2. The van der Waals surface area contributed by atoms with Gasteiger partial charge in [0.15, 0.2) is 0 Å². The first-order valence-corrected chi connectivity index (χ1v) is 7.33. The maximum atomic E-state index is 11.9. The average molecular weight is 318 g/mol. The summed E-state index contributed by atoms with van der Waals surface area (Å²) in [6.45, 7) is 3.23. The fourth-order valence-corrected chi connectivity index (χ4v) is 2.28. The summed E-state index contributed by atoms with van der Waals surface area (Å²) in [5.74, 6) is -0.471. The molecule has 1 N–H and O–H groups in total. The fourth-order valence-electron chi connectivity index (χ4n) is 2.28. The Balaban J connectivity index is 1.88. The first-order valence-electron chi connectivity index (χ1n) is 7.33. The molecule has 1 aliphatic rings. The largest absolute Gasteiger partial charge is 0.342 e. The summed E-state index contributed by atoms with van der Waals surface area (Å²) in [5, 5.41) is 14.5. The lowest BCUT2D eigenvalue weighted by Gasteiger charge is -2.14. The van der Waals surface area contributed by atoms with Crippen LogP contribution in [0, 0.1) is 10.1 Å². The molecule has 23 heavy (non-hydrogen) atoms. The highest BCUT2D eigenvalue weighted by Gasteiger charge is 2.18. The molecule has 0 spiro atoms. The lowest BCUT2D eigenvalue weighted by molar-refractivity contribution is -0.384. The van der Waals surface area contributed by atoms with Crippen LogP contribution < -0.4 is 5.43 Å². The van der Waals surface area contributed by atoms with Gasteiger partial charge in [0, 0.05) is 36.5 Å². The summed E-state index contributed by atoms with van der Waals surface area (Å²) in [5.41, 5.74) is 3.04. The molecule has 1 fully saturated rings. The average Bonchev–Trinajstić information content (AvgIpc) is 3.07. The zero-order chi connectivity index (χ0) is 16.8. The zero-order valence-corrected chi connectivity index (χ0v) is 12.8. The molecule has 8 heteroatoms. The predicted octanol–water partition coefficient (Wildman–Crippen LogP) is 1.71. The Morgan fingerprint density at radius 1 is 1.26 bits per heavy atom. The van der Waals surface area contributed by atoms with Gasteiger partial charge in [0.1, 0.15) is 0 Å². The van der Waals surface area contributed by atoms with Crippen LogP contribution in [0.5, 0.6) is 0 Å². The van der Waals surface area contributed by atoms with Gasteiger partial charge < -0.3 is 4.90 Å². The van der Waals surface area contributed by atoms with E-state index in [1.807, 2.05) is 0 Å². The molecule has 8 nitrogen and oxygen atoms in total. The topological polar surface area (TPSA) is 105 Å². The second kappa shape index (κ2) is 7.48. The van der Waals surface area contributed by atoms with Crippen LogP contribution in [0.1, 0.15) is 36.5 Å². The summed E-state index contributed by atoms with van der Waals surface area (Å²) in [7, 11) is 0. The molecule has 2 amide bonds. The molecule has 0 aromatic heterocycles. The van der Waals surface area contributed by atoms with Crippen molar-refractivity contribution >= 4 is 23.2 Å². The zero-order valence-electron chi connectivity index (χ0n) is 12.8. The SMILES string of the molecule is CC(CC(=O)N1CCCC1)=NNC(=O)c1ccc([N+](=O)[O-])cc1. The maximum absolute atomic E-state index is 11.9. The highest BCUT2D eigenvalue weighted by molar-refractivity contribution is 6.01. The lowest BCUT2D eigenvalue weighted by Crippen LogP contribution is -2.29. The molecule has 0 radical (unpaired) electrons. The smallest absolute Gasteiger partial charge is 0.271 e. The van der Waals surface area contributed by atoms with Crippen LogP contribution in [0.15, 0.2) is 29.4 Å². The molecule has 122 valence electrons. The molecule has 0 aliphatic carbocycles. The van der Waals surface area contributed by atoms with Gasteiger partial charge in [0.25, 0.3) is 11.6 Å². The van der Waals surface area contributed by atoms with Crippen LogP contribution in [-0.2, 0) is 4.79 Å². The second-order valence-electron chi connectivity index (χ2n) is 5.36. The van der Waals surface area contributed by atoms with E-state index in [1.165, 1.54) is 24.3 Å². The molecule has 2 rings (SSSR count). The number of nitro groups is 1. The molecule has 1 aromatic carbocycles. The molecular formula is C15H18N4O4. The fraction of sp³-hybridized carbons (Fsp3) is 0.400. The van der Waals surface area contributed by atoms with Crippen molar-refractivity contribution in [3.05, 3.63) is 39.9 Å².